The predicted molar refractivity (Wildman–Crippen MR) is 82.1 cm³/mol. The maximum atomic E-state index is 12.4. The highest BCUT2D eigenvalue weighted by Crippen LogP contribution is 2.38. The molecule has 0 aromatic rings. The second-order valence-corrected chi connectivity index (χ2v) is 6.23. The van der Waals surface area contributed by atoms with Crippen molar-refractivity contribution in [3.63, 3.8) is 0 Å². The lowest BCUT2D eigenvalue weighted by Gasteiger charge is -2.32. The van der Waals surface area contributed by atoms with E-state index in [0.29, 0.717) is 12.8 Å². The van der Waals surface area contributed by atoms with E-state index in [9.17, 15) is 14.7 Å². The SMILES string of the molecule is CCCCCCC(CC)OC(=O)C1(C(=O)O)CCCCC1. The molecule has 4 heteroatoms. The van der Waals surface area contributed by atoms with Crippen LogP contribution in [-0.2, 0) is 14.3 Å². The standard InChI is InChI=1S/C17H30O4/c1-3-5-6-8-11-14(4-2)21-16(20)17(15(18)19)12-9-7-10-13-17/h14H,3-13H2,1-2H3,(H,18,19). The van der Waals surface area contributed by atoms with Crippen LogP contribution in [0.3, 0.4) is 0 Å². The van der Waals surface area contributed by atoms with Crippen LogP contribution >= 0.6 is 0 Å². The minimum atomic E-state index is -1.28. The van der Waals surface area contributed by atoms with Crippen molar-refractivity contribution in [1.29, 1.82) is 0 Å². The van der Waals surface area contributed by atoms with Gasteiger partial charge < -0.3 is 9.84 Å². The van der Waals surface area contributed by atoms with E-state index in [4.69, 9.17) is 4.74 Å². The molecule has 0 radical (unpaired) electrons. The van der Waals surface area contributed by atoms with Crippen LogP contribution in [-0.4, -0.2) is 23.1 Å². The third kappa shape index (κ3) is 5.01. The van der Waals surface area contributed by atoms with Crippen molar-refractivity contribution in [3.05, 3.63) is 0 Å². The van der Waals surface area contributed by atoms with E-state index in [0.717, 1.165) is 44.9 Å². The van der Waals surface area contributed by atoms with Gasteiger partial charge in [-0.05, 0) is 32.1 Å². The Morgan fingerprint density at radius 1 is 1.10 bits per heavy atom. The summed E-state index contributed by atoms with van der Waals surface area (Å²) in [5, 5.41) is 9.49. The van der Waals surface area contributed by atoms with Crippen LogP contribution in [0, 0.1) is 5.41 Å². The molecule has 0 aliphatic heterocycles. The number of aliphatic carboxylic acids is 1. The van der Waals surface area contributed by atoms with Crippen LogP contribution in [0.2, 0.25) is 0 Å². The van der Waals surface area contributed by atoms with Gasteiger partial charge in [0.1, 0.15) is 6.10 Å². The van der Waals surface area contributed by atoms with Gasteiger partial charge in [-0.15, -0.1) is 0 Å². The summed E-state index contributed by atoms with van der Waals surface area (Å²) in [6.07, 6.45) is 9.50. The molecule has 0 aromatic carbocycles. The molecule has 1 rings (SSSR count). The van der Waals surface area contributed by atoms with Crippen LogP contribution in [0.1, 0.15) is 84.5 Å². The molecule has 0 heterocycles. The van der Waals surface area contributed by atoms with Gasteiger partial charge in [0.25, 0.3) is 0 Å². The summed E-state index contributed by atoms with van der Waals surface area (Å²) in [6.45, 7) is 4.16. The molecule has 0 amide bonds. The summed E-state index contributed by atoms with van der Waals surface area (Å²) in [6, 6.07) is 0. The lowest BCUT2D eigenvalue weighted by molar-refractivity contribution is -0.175. The van der Waals surface area contributed by atoms with Gasteiger partial charge in [-0.3, -0.25) is 9.59 Å². The second kappa shape index (κ2) is 9.06. The summed E-state index contributed by atoms with van der Waals surface area (Å²) < 4.78 is 5.56. The minimum Gasteiger partial charge on any atom is -0.480 e. The Bertz CT molecular complexity index is 332. The molecule has 1 N–H and O–H groups in total. The number of hydrogen-bond acceptors (Lipinski definition) is 3. The van der Waals surface area contributed by atoms with Crippen molar-refractivity contribution in [2.45, 2.75) is 90.6 Å². The number of esters is 1. The van der Waals surface area contributed by atoms with Crippen LogP contribution in [0.4, 0.5) is 0 Å². The van der Waals surface area contributed by atoms with E-state index < -0.39 is 17.4 Å². The Kier molecular flexibility index (Phi) is 7.76. The fourth-order valence-electron chi connectivity index (χ4n) is 3.07. The summed E-state index contributed by atoms with van der Waals surface area (Å²) in [7, 11) is 0. The first kappa shape index (κ1) is 18.0. The molecular formula is C17H30O4. The monoisotopic (exact) mass is 298 g/mol. The Morgan fingerprint density at radius 2 is 1.76 bits per heavy atom. The number of carboxylic acids is 1. The number of hydrogen-bond donors (Lipinski definition) is 1. The van der Waals surface area contributed by atoms with Gasteiger partial charge in [0.05, 0.1) is 0 Å². The quantitative estimate of drug-likeness (QED) is 0.391. The Balaban J connectivity index is 2.56. The first-order valence-corrected chi connectivity index (χ1v) is 8.51. The van der Waals surface area contributed by atoms with E-state index in [2.05, 4.69) is 6.92 Å². The molecule has 1 atom stereocenters. The fourth-order valence-corrected chi connectivity index (χ4v) is 3.07. The Morgan fingerprint density at radius 3 is 2.29 bits per heavy atom. The number of unbranched alkanes of at least 4 members (excludes halogenated alkanes) is 3. The number of carbonyl (C=O) groups is 2. The number of carboxylic acid groups (broad SMARTS) is 1. The van der Waals surface area contributed by atoms with E-state index in [1.165, 1.54) is 12.8 Å². The van der Waals surface area contributed by atoms with Gasteiger partial charge in [-0.25, -0.2) is 0 Å². The van der Waals surface area contributed by atoms with E-state index >= 15 is 0 Å². The zero-order chi connectivity index (χ0) is 15.7. The normalized spacial score (nSPS) is 19.0. The minimum absolute atomic E-state index is 0.132. The van der Waals surface area contributed by atoms with Gasteiger partial charge in [-0.2, -0.15) is 0 Å². The van der Waals surface area contributed by atoms with Crippen molar-refractivity contribution in [2.75, 3.05) is 0 Å². The fraction of sp³-hybridized carbons (Fsp3) is 0.882. The third-order valence-electron chi connectivity index (χ3n) is 4.62. The molecule has 1 saturated carbocycles. The van der Waals surface area contributed by atoms with E-state index in [1.54, 1.807) is 0 Å². The van der Waals surface area contributed by atoms with Gasteiger partial charge in [0, 0.05) is 0 Å². The van der Waals surface area contributed by atoms with Gasteiger partial charge >= 0.3 is 11.9 Å². The topological polar surface area (TPSA) is 63.6 Å². The Labute approximate surface area is 128 Å². The summed E-state index contributed by atoms with van der Waals surface area (Å²) in [4.78, 5) is 24.0. The van der Waals surface area contributed by atoms with Crippen molar-refractivity contribution in [1.82, 2.24) is 0 Å². The van der Waals surface area contributed by atoms with Crippen molar-refractivity contribution < 1.29 is 19.4 Å². The lowest BCUT2D eigenvalue weighted by Crippen LogP contribution is -2.43. The Hall–Kier alpha value is -1.06. The maximum Gasteiger partial charge on any atom is 0.323 e. The average Bonchev–Trinajstić information content (AvgIpc) is 2.50. The van der Waals surface area contributed by atoms with Crippen molar-refractivity contribution >= 4 is 11.9 Å². The van der Waals surface area contributed by atoms with Crippen molar-refractivity contribution in [3.8, 4) is 0 Å². The first-order chi connectivity index (χ1) is 10.1. The molecule has 1 unspecified atom stereocenters. The largest absolute Gasteiger partial charge is 0.480 e. The van der Waals surface area contributed by atoms with E-state index in [1.807, 2.05) is 6.92 Å². The van der Waals surface area contributed by atoms with Gasteiger partial charge in [0.2, 0.25) is 0 Å². The summed E-state index contributed by atoms with van der Waals surface area (Å²) >= 11 is 0. The lowest BCUT2D eigenvalue weighted by atomic mass is 9.74. The third-order valence-corrected chi connectivity index (χ3v) is 4.62. The highest BCUT2D eigenvalue weighted by Gasteiger charge is 2.48. The van der Waals surface area contributed by atoms with Crippen LogP contribution in [0.25, 0.3) is 0 Å². The average molecular weight is 298 g/mol. The van der Waals surface area contributed by atoms with Crippen molar-refractivity contribution in [2.24, 2.45) is 5.41 Å². The highest BCUT2D eigenvalue weighted by atomic mass is 16.5. The van der Waals surface area contributed by atoms with Crippen LogP contribution in [0.15, 0.2) is 0 Å². The molecule has 4 nitrogen and oxygen atoms in total. The molecule has 1 aliphatic carbocycles. The van der Waals surface area contributed by atoms with Gasteiger partial charge in [-0.1, -0.05) is 52.4 Å². The smallest absolute Gasteiger partial charge is 0.323 e. The van der Waals surface area contributed by atoms with Crippen LogP contribution < -0.4 is 0 Å². The molecule has 0 saturated heterocycles. The summed E-state index contributed by atoms with van der Waals surface area (Å²) in [5.41, 5.74) is -1.28. The molecule has 0 spiro atoms. The number of rotatable bonds is 9. The zero-order valence-electron chi connectivity index (χ0n) is 13.5. The molecular weight excluding hydrogens is 268 g/mol. The molecule has 0 aromatic heterocycles. The maximum absolute atomic E-state index is 12.4. The highest BCUT2D eigenvalue weighted by molar-refractivity contribution is 5.99. The number of ether oxygens (including phenoxy) is 1. The zero-order valence-corrected chi connectivity index (χ0v) is 13.5. The summed E-state index contributed by atoms with van der Waals surface area (Å²) in [5.74, 6) is -1.51. The van der Waals surface area contributed by atoms with Gasteiger partial charge in [0.15, 0.2) is 5.41 Å². The molecule has 1 aliphatic rings. The molecule has 122 valence electrons. The first-order valence-electron chi connectivity index (χ1n) is 8.51. The number of carbonyl (C=O) groups excluding carboxylic acids is 1. The molecule has 21 heavy (non-hydrogen) atoms. The second-order valence-electron chi connectivity index (χ2n) is 6.23. The molecule has 1 fully saturated rings. The van der Waals surface area contributed by atoms with E-state index in [-0.39, 0.29) is 6.10 Å². The predicted octanol–water partition coefficient (Wildman–Crippen LogP) is 4.31. The molecule has 0 bridgehead atoms. The van der Waals surface area contributed by atoms with Crippen LogP contribution in [0.5, 0.6) is 0 Å².